The van der Waals surface area contributed by atoms with Gasteiger partial charge in [-0.2, -0.15) is 0 Å². The van der Waals surface area contributed by atoms with Crippen molar-refractivity contribution in [3.63, 3.8) is 0 Å². The molecule has 0 aliphatic heterocycles. The van der Waals surface area contributed by atoms with Gasteiger partial charge < -0.3 is 5.32 Å². The second-order valence-electron chi connectivity index (χ2n) is 4.85. The Morgan fingerprint density at radius 2 is 1.83 bits per heavy atom. The van der Waals surface area contributed by atoms with E-state index in [2.05, 4.69) is 26.1 Å². The number of carbonyl (C=O) groups is 1. The standard InChI is InChI=1S/C10H19NO/c1-10(2,3)8-5-7(6-8)9(12)11-4/h7-8H,5-6H2,1-4H3,(H,11,12). The summed E-state index contributed by atoms with van der Waals surface area (Å²) in [5, 5.41) is 2.70. The van der Waals surface area contributed by atoms with Crippen molar-refractivity contribution in [3.05, 3.63) is 0 Å². The van der Waals surface area contributed by atoms with Crippen molar-refractivity contribution in [2.24, 2.45) is 17.3 Å². The Kier molecular flexibility index (Phi) is 2.45. The van der Waals surface area contributed by atoms with Gasteiger partial charge >= 0.3 is 0 Å². The zero-order valence-corrected chi connectivity index (χ0v) is 8.48. The summed E-state index contributed by atoms with van der Waals surface area (Å²) in [6.07, 6.45) is 2.15. The van der Waals surface area contributed by atoms with Gasteiger partial charge in [-0.15, -0.1) is 0 Å². The fourth-order valence-corrected chi connectivity index (χ4v) is 1.74. The minimum atomic E-state index is 0.218. The van der Waals surface area contributed by atoms with Crippen LogP contribution in [0.25, 0.3) is 0 Å². The van der Waals surface area contributed by atoms with Crippen LogP contribution in [0.4, 0.5) is 0 Å². The summed E-state index contributed by atoms with van der Waals surface area (Å²) >= 11 is 0. The molecule has 2 heteroatoms. The molecule has 1 N–H and O–H groups in total. The molecule has 0 heterocycles. The molecule has 0 bridgehead atoms. The molecule has 1 rings (SSSR count). The minimum absolute atomic E-state index is 0.218. The first-order valence-corrected chi connectivity index (χ1v) is 4.66. The maximum atomic E-state index is 11.2. The largest absolute Gasteiger partial charge is 0.359 e. The molecule has 0 aromatic heterocycles. The van der Waals surface area contributed by atoms with E-state index in [0.29, 0.717) is 11.3 Å². The molecule has 70 valence electrons. The summed E-state index contributed by atoms with van der Waals surface area (Å²) in [6, 6.07) is 0. The van der Waals surface area contributed by atoms with Crippen molar-refractivity contribution in [1.82, 2.24) is 5.32 Å². The lowest BCUT2D eigenvalue weighted by atomic mass is 9.63. The van der Waals surface area contributed by atoms with E-state index in [1.54, 1.807) is 7.05 Å². The van der Waals surface area contributed by atoms with Crippen molar-refractivity contribution in [2.75, 3.05) is 7.05 Å². The maximum Gasteiger partial charge on any atom is 0.222 e. The smallest absolute Gasteiger partial charge is 0.222 e. The third kappa shape index (κ3) is 1.79. The number of hydrogen-bond acceptors (Lipinski definition) is 1. The third-order valence-corrected chi connectivity index (χ3v) is 2.98. The lowest BCUT2D eigenvalue weighted by Gasteiger charge is -2.42. The van der Waals surface area contributed by atoms with Crippen molar-refractivity contribution < 1.29 is 4.79 Å². The molecule has 12 heavy (non-hydrogen) atoms. The highest BCUT2D eigenvalue weighted by Gasteiger charge is 2.40. The van der Waals surface area contributed by atoms with Crippen LogP contribution in [0, 0.1) is 17.3 Å². The fourth-order valence-electron chi connectivity index (χ4n) is 1.74. The van der Waals surface area contributed by atoms with Gasteiger partial charge in [0.15, 0.2) is 0 Å². The number of amides is 1. The van der Waals surface area contributed by atoms with Gasteiger partial charge in [0.2, 0.25) is 5.91 Å². The first-order valence-electron chi connectivity index (χ1n) is 4.66. The topological polar surface area (TPSA) is 29.1 Å². The Balaban J connectivity index is 2.34. The average molecular weight is 169 g/mol. The molecule has 1 aliphatic carbocycles. The van der Waals surface area contributed by atoms with Crippen LogP contribution < -0.4 is 5.32 Å². The molecular weight excluding hydrogens is 150 g/mol. The van der Waals surface area contributed by atoms with Crippen molar-refractivity contribution in [2.45, 2.75) is 33.6 Å². The third-order valence-electron chi connectivity index (χ3n) is 2.98. The first kappa shape index (κ1) is 9.56. The summed E-state index contributed by atoms with van der Waals surface area (Å²) in [4.78, 5) is 11.2. The predicted molar refractivity (Wildman–Crippen MR) is 49.7 cm³/mol. The van der Waals surface area contributed by atoms with Gasteiger partial charge in [0.1, 0.15) is 0 Å². The monoisotopic (exact) mass is 169 g/mol. The molecule has 1 fully saturated rings. The summed E-state index contributed by atoms with van der Waals surface area (Å²) in [6.45, 7) is 6.74. The van der Waals surface area contributed by atoms with Gasteiger partial charge in [0, 0.05) is 13.0 Å². The number of rotatable bonds is 1. The molecule has 1 amide bonds. The highest BCUT2D eigenvalue weighted by molar-refractivity contribution is 5.79. The number of nitrogens with one attached hydrogen (secondary N) is 1. The van der Waals surface area contributed by atoms with E-state index < -0.39 is 0 Å². The summed E-state index contributed by atoms with van der Waals surface area (Å²) in [5.74, 6) is 1.24. The van der Waals surface area contributed by atoms with Crippen LogP contribution in [-0.2, 0) is 4.79 Å². The molecule has 0 saturated heterocycles. The van der Waals surface area contributed by atoms with E-state index in [-0.39, 0.29) is 5.91 Å². The quantitative estimate of drug-likeness (QED) is 0.637. The van der Waals surface area contributed by atoms with Crippen LogP contribution in [0.15, 0.2) is 0 Å². The van der Waals surface area contributed by atoms with Gasteiger partial charge in [0.05, 0.1) is 0 Å². The van der Waals surface area contributed by atoms with Crippen molar-refractivity contribution >= 4 is 5.91 Å². The summed E-state index contributed by atoms with van der Waals surface area (Å²) in [5.41, 5.74) is 0.379. The Labute approximate surface area is 74.7 Å². The van der Waals surface area contributed by atoms with Crippen LogP contribution in [-0.4, -0.2) is 13.0 Å². The van der Waals surface area contributed by atoms with E-state index >= 15 is 0 Å². The lowest BCUT2D eigenvalue weighted by Crippen LogP contribution is -2.41. The molecule has 2 nitrogen and oxygen atoms in total. The zero-order chi connectivity index (χ0) is 9.35. The SMILES string of the molecule is CNC(=O)C1CC(C(C)(C)C)C1. The van der Waals surface area contributed by atoms with E-state index in [1.807, 2.05) is 0 Å². The summed E-state index contributed by atoms with van der Waals surface area (Å²) in [7, 11) is 1.72. The Morgan fingerprint density at radius 1 is 1.33 bits per heavy atom. The van der Waals surface area contributed by atoms with E-state index in [1.165, 1.54) is 0 Å². The van der Waals surface area contributed by atoms with Crippen LogP contribution >= 0.6 is 0 Å². The normalized spacial score (nSPS) is 29.3. The van der Waals surface area contributed by atoms with Crippen LogP contribution in [0.1, 0.15) is 33.6 Å². The highest BCUT2D eigenvalue weighted by atomic mass is 16.1. The van der Waals surface area contributed by atoms with Gasteiger partial charge in [-0.1, -0.05) is 20.8 Å². The molecule has 0 radical (unpaired) electrons. The van der Waals surface area contributed by atoms with Crippen LogP contribution in [0.5, 0.6) is 0 Å². The summed E-state index contributed by atoms with van der Waals surface area (Å²) < 4.78 is 0. The van der Waals surface area contributed by atoms with E-state index in [0.717, 1.165) is 18.8 Å². The van der Waals surface area contributed by atoms with Crippen LogP contribution in [0.2, 0.25) is 0 Å². The Hall–Kier alpha value is -0.530. The van der Waals surface area contributed by atoms with Crippen molar-refractivity contribution in [1.29, 1.82) is 0 Å². The molecule has 0 aromatic carbocycles. The van der Waals surface area contributed by atoms with Gasteiger partial charge in [-0.05, 0) is 24.2 Å². The highest BCUT2D eigenvalue weighted by Crippen LogP contribution is 2.44. The molecule has 0 unspecified atom stereocenters. The van der Waals surface area contributed by atoms with E-state index in [9.17, 15) is 4.79 Å². The van der Waals surface area contributed by atoms with Crippen LogP contribution in [0.3, 0.4) is 0 Å². The van der Waals surface area contributed by atoms with E-state index in [4.69, 9.17) is 0 Å². The molecule has 1 aliphatic rings. The first-order chi connectivity index (χ1) is 5.45. The van der Waals surface area contributed by atoms with Gasteiger partial charge in [0.25, 0.3) is 0 Å². The fraction of sp³-hybridized carbons (Fsp3) is 0.900. The van der Waals surface area contributed by atoms with Crippen molar-refractivity contribution in [3.8, 4) is 0 Å². The predicted octanol–water partition coefficient (Wildman–Crippen LogP) is 1.80. The molecule has 0 aromatic rings. The van der Waals surface area contributed by atoms with Gasteiger partial charge in [-0.25, -0.2) is 0 Å². The second-order valence-corrected chi connectivity index (χ2v) is 4.85. The molecular formula is C10H19NO. The molecule has 0 spiro atoms. The minimum Gasteiger partial charge on any atom is -0.359 e. The zero-order valence-electron chi connectivity index (χ0n) is 8.48. The second kappa shape index (κ2) is 3.08. The lowest BCUT2D eigenvalue weighted by molar-refractivity contribution is -0.130. The van der Waals surface area contributed by atoms with Gasteiger partial charge in [-0.3, -0.25) is 4.79 Å². The maximum absolute atomic E-state index is 11.2. The number of carbonyl (C=O) groups excluding carboxylic acids is 1. The number of hydrogen-bond donors (Lipinski definition) is 1. The molecule has 0 atom stereocenters. The average Bonchev–Trinajstić information content (AvgIpc) is 1.80. The Morgan fingerprint density at radius 3 is 2.17 bits per heavy atom. The molecule has 1 saturated carbocycles. The Bertz CT molecular complexity index is 175.